The molecular weight excluding hydrogens is 524 g/mol. The lowest BCUT2D eigenvalue weighted by molar-refractivity contribution is -0.144. The van der Waals surface area contributed by atoms with E-state index in [0.29, 0.717) is 32.8 Å². The normalized spacial score (nSPS) is 10.6. The molecule has 0 fully saturated rings. The topological polar surface area (TPSA) is 97.4 Å². The molecule has 0 heterocycles. The molecule has 0 N–H and O–H groups in total. The van der Waals surface area contributed by atoms with Crippen molar-refractivity contribution in [3.8, 4) is 11.5 Å². The van der Waals surface area contributed by atoms with Crippen molar-refractivity contribution in [2.45, 2.75) is 45.4 Å². The molecule has 0 unspecified atom stereocenters. The van der Waals surface area contributed by atoms with E-state index in [0.717, 1.165) is 59.9 Å². The molecule has 0 saturated carbocycles. The molecule has 0 aliphatic heterocycles. The van der Waals surface area contributed by atoms with Gasteiger partial charge in [0.25, 0.3) is 0 Å². The highest BCUT2D eigenvalue weighted by Crippen LogP contribution is 2.21. The summed E-state index contributed by atoms with van der Waals surface area (Å²) in [5.74, 6) is 0.122. The summed E-state index contributed by atoms with van der Waals surface area (Å²) in [6.45, 7) is 10.6. The van der Waals surface area contributed by atoms with Crippen LogP contribution in [0, 0.1) is 6.92 Å². The van der Waals surface area contributed by atoms with Crippen LogP contribution in [0.2, 0.25) is 0 Å². The molecule has 0 bridgehead atoms. The molecule has 0 aromatic heterocycles. The van der Waals surface area contributed by atoms with Gasteiger partial charge in [-0.05, 0) is 73.6 Å². The number of carbonyl (C=O) groups is 3. The van der Waals surface area contributed by atoms with E-state index in [-0.39, 0.29) is 12.0 Å². The number of methoxy groups -OCH3 is 1. The van der Waals surface area contributed by atoms with Crippen molar-refractivity contribution < 1.29 is 38.1 Å². The van der Waals surface area contributed by atoms with Gasteiger partial charge in [-0.25, -0.2) is 9.59 Å². The van der Waals surface area contributed by atoms with E-state index in [9.17, 15) is 14.4 Å². The zero-order chi connectivity index (χ0) is 29.9. The van der Waals surface area contributed by atoms with Crippen molar-refractivity contribution in [3.63, 3.8) is 0 Å². The van der Waals surface area contributed by atoms with E-state index in [1.165, 1.54) is 7.11 Å². The quantitative estimate of drug-likeness (QED) is 0.0648. The molecule has 0 amide bonds. The third kappa shape index (κ3) is 13.5. The van der Waals surface area contributed by atoms with E-state index >= 15 is 0 Å². The highest BCUT2D eigenvalue weighted by Gasteiger charge is 2.13. The summed E-state index contributed by atoms with van der Waals surface area (Å²) >= 11 is 0. The van der Waals surface area contributed by atoms with Gasteiger partial charge in [-0.3, -0.25) is 4.79 Å². The molecule has 0 aliphatic rings. The molecular formula is C33H40O8. The summed E-state index contributed by atoms with van der Waals surface area (Å²) in [6.07, 6.45) is 9.18. The molecule has 0 radical (unpaired) electrons. The van der Waals surface area contributed by atoms with E-state index in [1.807, 2.05) is 49.4 Å². The molecule has 220 valence electrons. The number of rotatable bonds is 19. The minimum Gasteiger partial charge on any atom is -0.493 e. The van der Waals surface area contributed by atoms with Gasteiger partial charge in [-0.1, -0.05) is 43.5 Å². The predicted octanol–water partition coefficient (Wildman–Crippen LogP) is 6.27. The van der Waals surface area contributed by atoms with Crippen LogP contribution in [0.4, 0.5) is 0 Å². The number of hydrogen-bond acceptors (Lipinski definition) is 8. The van der Waals surface area contributed by atoms with Crippen LogP contribution in [0.25, 0.3) is 12.2 Å². The van der Waals surface area contributed by atoms with Crippen LogP contribution in [0.5, 0.6) is 11.5 Å². The number of ether oxygens (including phenoxy) is 5. The maximum atomic E-state index is 11.8. The maximum absolute atomic E-state index is 11.8. The first kappa shape index (κ1) is 32.9. The lowest BCUT2D eigenvalue weighted by Gasteiger charge is -2.10. The second kappa shape index (κ2) is 18.9. The highest BCUT2D eigenvalue weighted by molar-refractivity contribution is 5.93. The fourth-order valence-corrected chi connectivity index (χ4v) is 3.61. The highest BCUT2D eigenvalue weighted by atomic mass is 16.5. The number of aryl methyl sites for hydroxylation is 1. The third-order valence-corrected chi connectivity index (χ3v) is 5.92. The fraction of sp³-hybridized carbons (Fsp3) is 0.364. The second-order valence-electron chi connectivity index (χ2n) is 9.26. The lowest BCUT2D eigenvalue weighted by atomic mass is 10.1. The Kier molecular flexibility index (Phi) is 15.1. The van der Waals surface area contributed by atoms with E-state index in [4.69, 9.17) is 18.9 Å². The van der Waals surface area contributed by atoms with Crippen LogP contribution < -0.4 is 9.47 Å². The van der Waals surface area contributed by atoms with Gasteiger partial charge in [0.05, 0.1) is 40.0 Å². The summed E-state index contributed by atoms with van der Waals surface area (Å²) in [6, 6.07) is 13.9. The van der Waals surface area contributed by atoms with Crippen molar-refractivity contribution in [2.24, 2.45) is 0 Å². The van der Waals surface area contributed by atoms with E-state index in [1.54, 1.807) is 0 Å². The molecule has 2 rings (SSSR count). The van der Waals surface area contributed by atoms with Crippen molar-refractivity contribution in [1.82, 2.24) is 0 Å². The molecule has 8 heteroatoms. The van der Waals surface area contributed by atoms with E-state index < -0.39 is 17.9 Å². The average molecular weight is 565 g/mol. The summed E-state index contributed by atoms with van der Waals surface area (Å²) in [7, 11) is 1.26. The first-order chi connectivity index (χ1) is 19.8. The molecule has 0 spiro atoms. The Labute approximate surface area is 242 Å². The Morgan fingerprint density at radius 3 is 2.10 bits per heavy atom. The Balaban J connectivity index is 1.63. The predicted molar refractivity (Wildman–Crippen MR) is 159 cm³/mol. The van der Waals surface area contributed by atoms with E-state index in [2.05, 4.69) is 30.0 Å². The summed E-state index contributed by atoms with van der Waals surface area (Å²) in [5, 5.41) is 0. The zero-order valence-corrected chi connectivity index (χ0v) is 24.0. The lowest BCUT2D eigenvalue weighted by Crippen LogP contribution is -2.12. The maximum Gasteiger partial charge on any atom is 0.333 e. The zero-order valence-electron chi connectivity index (χ0n) is 24.0. The van der Waals surface area contributed by atoms with Crippen LogP contribution in [0.15, 0.2) is 67.3 Å². The summed E-state index contributed by atoms with van der Waals surface area (Å²) < 4.78 is 26.2. The van der Waals surface area contributed by atoms with Crippen LogP contribution >= 0.6 is 0 Å². The Hall–Kier alpha value is -4.33. The molecule has 0 atom stereocenters. The summed E-state index contributed by atoms with van der Waals surface area (Å²) in [5.41, 5.74) is 3.29. The molecule has 0 saturated heterocycles. The number of carbonyl (C=O) groups excluding carboxylic acids is 3. The van der Waals surface area contributed by atoms with Crippen molar-refractivity contribution in [1.29, 1.82) is 0 Å². The first-order valence-corrected chi connectivity index (χ1v) is 13.7. The monoisotopic (exact) mass is 564 g/mol. The largest absolute Gasteiger partial charge is 0.493 e. The Morgan fingerprint density at radius 1 is 0.780 bits per heavy atom. The van der Waals surface area contributed by atoms with Crippen molar-refractivity contribution in [3.05, 3.63) is 84.0 Å². The smallest absolute Gasteiger partial charge is 0.333 e. The molecule has 0 aliphatic carbocycles. The second-order valence-corrected chi connectivity index (χ2v) is 9.26. The average Bonchev–Trinajstić information content (AvgIpc) is 2.98. The van der Waals surface area contributed by atoms with Crippen molar-refractivity contribution in [2.75, 3.05) is 33.5 Å². The van der Waals surface area contributed by atoms with Crippen LogP contribution in [-0.2, 0) is 28.6 Å². The Bertz CT molecular complexity index is 1180. The molecule has 2 aromatic rings. The van der Waals surface area contributed by atoms with Crippen LogP contribution in [0.1, 0.15) is 55.2 Å². The van der Waals surface area contributed by atoms with Crippen LogP contribution in [0.3, 0.4) is 0 Å². The van der Waals surface area contributed by atoms with Gasteiger partial charge in [-0.15, -0.1) is 0 Å². The van der Waals surface area contributed by atoms with Gasteiger partial charge in [-0.2, -0.15) is 0 Å². The fourth-order valence-electron chi connectivity index (χ4n) is 3.61. The number of hydrogen-bond donors (Lipinski definition) is 0. The number of esters is 3. The Morgan fingerprint density at radius 2 is 1.41 bits per heavy atom. The number of unbranched alkanes of at least 4 members (excludes halogenated alkanes) is 3. The van der Waals surface area contributed by atoms with Gasteiger partial charge in [0.1, 0.15) is 11.5 Å². The SMILES string of the molecule is C=CC(=O)OCCCOc1ccc(/C=C/c2ccc(OCCCCCCOC(=O)C(=C)CC(=O)OC)c(C)c2)cc1. The molecule has 8 nitrogen and oxygen atoms in total. The molecule has 41 heavy (non-hydrogen) atoms. The molecule has 2 aromatic carbocycles. The van der Waals surface area contributed by atoms with Gasteiger partial charge in [0, 0.05) is 18.1 Å². The van der Waals surface area contributed by atoms with Gasteiger partial charge in [0.2, 0.25) is 0 Å². The first-order valence-electron chi connectivity index (χ1n) is 13.7. The minimum absolute atomic E-state index is 0.0984. The third-order valence-electron chi connectivity index (χ3n) is 5.92. The van der Waals surface area contributed by atoms with Crippen molar-refractivity contribution >= 4 is 30.1 Å². The standard InChI is InChI=1S/C33H40O8/c1-5-31(34)40-22-10-21-38-29-16-13-27(14-17-29)11-12-28-15-18-30(25(2)23-28)39-19-8-6-7-9-20-41-33(36)26(3)24-32(35)37-4/h5,11-18,23H,1,3,6-10,19-22,24H2,2,4H3/b12-11+. The van der Waals surface area contributed by atoms with Gasteiger partial charge < -0.3 is 23.7 Å². The van der Waals surface area contributed by atoms with Crippen LogP contribution in [-0.4, -0.2) is 51.4 Å². The van der Waals surface area contributed by atoms with Gasteiger partial charge in [0.15, 0.2) is 0 Å². The number of benzene rings is 2. The summed E-state index contributed by atoms with van der Waals surface area (Å²) in [4.78, 5) is 34.0. The minimum atomic E-state index is -0.561. The van der Waals surface area contributed by atoms with Gasteiger partial charge >= 0.3 is 17.9 Å².